The van der Waals surface area contributed by atoms with E-state index >= 15 is 0 Å². The Morgan fingerprint density at radius 2 is 1.78 bits per heavy atom. The van der Waals surface area contributed by atoms with Crippen molar-refractivity contribution >= 4 is 22.8 Å². The van der Waals surface area contributed by atoms with Crippen LogP contribution < -0.4 is 4.74 Å². The highest BCUT2D eigenvalue weighted by molar-refractivity contribution is 6.06. The molecule has 166 valence electrons. The van der Waals surface area contributed by atoms with Gasteiger partial charge in [0.15, 0.2) is 0 Å². The number of piperidine rings is 1. The minimum absolute atomic E-state index is 0.00155. The van der Waals surface area contributed by atoms with Crippen LogP contribution in [0.2, 0.25) is 0 Å². The van der Waals surface area contributed by atoms with E-state index < -0.39 is 5.60 Å². The van der Waals surface area contributed by atoms with Gasteiger partial charge in [-0.3, -0.25) is 4.79 Å². The van der Waals surface area contributed by atoms with Gasteiger partial charge in [-0.2, -0.15) is 0 Å². The van der Waals surface area contributed by atoms with E-state index in [0.29, 0.717) is 44.6 Å². The van der Waals surface area contributed by atoms with E-state index in [1.165, 1.54) is 0 Å². The molecule has 3 heterocycles. The summed E-state index contributed by atoms with van der Waals surface area (Å²) in [6.45, 7) is 2.20. The highest BCUT2D eigenvalue weighted by Gasteiger charge is 2.43. The molecule has 5 rings (SSSR count). The first-order valence-corrected chi connectivity index (χ1v) is 11.0. The Morgan fingerprint density at radius 3 is 2.56 bits per heavy atom. The van der Waals surface area contributed by atoms with Crippen LogP contribution in [0, 0.1) is 0 Å². The Hall–Kier alpha value is -3.48. The molecule has 2 aliphatic rings. The number of rotatable bonds is 1. The highest BCUT2D eigenvalue weighted by Crippen LogP contribution is 2.36. The third-order valence-electron chi connectivity index (χ3n) is 6.58. The fourth-order valence-corrected chi connectivity index (χ4v) is 4.84. The maximum Gasteiger partial charge on any atom is 0.319 e. The van der Waals surface area contributed by atoms with Gasteiger partial charge in [-0.25, -0.2) is 4.79 Å². The van der Waals surface area contributed by atoms with E-state index in [0.717, 1.165) is 22.2 Å². The van der Waals surface area contributed by atoms with Crippen LogP contribution >= 0.6 is 0 Å². The molecule has 0 unspecified atom stereocenters. The molecule has 0 aliphatic carbocycles. The number of aromatic amines is 1. The molecular weight excluding hydrogens is 404 g/mol. The summed E-state index contributed by atoms with van der Waals surface area (Å²) in [6.07, 6.45) is 3.22. The molecule has 0 saturated carbocycles. The number of amides is 3. The summed E-state index contributed by atoms with van der Waals surface area (Å²) >= 11 is 0. The topological polar surface area (TPSA) is 68.9 Å². The molecular formula is C25H28N4O3. The van der Waals surface area contributed by atoms with Crippen molar-refractivity contribution < 1.29 is 14.3 Å². The molecule has 7 nitrogen and oxygen atoms in total. The van der Waals surface area contributed by atoms with Gasteiger partial charge in [0.05, 0.1) is 6.54 Å². The zero-order chi connectivity index (χ0) is 22.3. The third kappa shape index (κ3) is 3.57. The van der Waals surface area contributed by atoms with Crippen molar-refractivity contribution in [1.29, 1.82) is 0 Å². The molecule has 1 saturated heterocycles. The van der Waals surface area contributed by atoms with Crippen LogP contribution in [0.3, 0.4) is 0 Å². The first-order chi connectivity index (χ1) is 15.5. The zero-order valence-corrected chi connectivity index (χ0v) is 18.5. The third-order valence-corrected chi connectivity index (χ3v) is 6.58. The quantitative estimate of drug-likeness (QED) is 0.637. The fraction of sp³-hybridized carbons (Fsp3) is 0.360. The van der Waals surface area contributed by atoms with Gasteiger partial charge in [-0.1, -0.05) is 24.3 Å². The smallest absolute Gasteiger partial charge is 0.319 e. The molecule has 32 heavy (non-hydrogen) atoms. The van der Waals surface area contributed by atoms with E-state index in [4.69, 9.17) is 4.74 Å². The Morgan fingerprint density at radius 1 is 1.00 bits per heavy atom. The van der Waals surface area contributed by atoms with Crippen LogP contribution in [0.1, 0.15) is 28.8 Å². The summed E-state index contributed by atoms with van der Waals surface area (Å²) in [4.78, 5) is 34.8. The van der Waals surface area contributed by atoms with Crippen LogP contribution in [-0.4, -0.2) is 71.0 Å². The lowest BCUT2D eigenvalue weighted by Gasteiger charge is -2.43. The Bertz CT molecular complexity index is 1160. The number of urea groups is 1. The molecule has 1 N–H and O–H groups in total. The molecule has 2 aromatic carbocycles. The van der Waals surface area contributed by atoms with Crippen molar-refractivity contribution in [2.24, 2.45) is 0 Å². The minimum Gasteiger partial charge on any atom is -0.485 e. The molecule has 7 heteroatoms. The second kappa shape index (κ2) is 7.89. The normalized spacial score (nSPS) is 17.6. The van der Waals surface area contributed by atoms with Gasteiger partial charge in [0, 0.05) is 74.8 Å². The number of para-hydroxylation sites is 1. The fourth-order valence-electron chi connectivity index (χ4n) is 4.84. The average Bonchev–Trinajstić information content (AvgIpc) is 3.22. The number of fused-ring (bicyclic) bond motifs is 2. The van der Waals surface area contributed by atoms with Gasteiger partial charge >= 0.3 is 6.03 Å². The minimum atomic E-state index is -0.516. The van der Waals surface area contributed by atoms with Crippen molar-refractivity contribution in [1.82, 2.24) is 19.7 Å². The van der Waals surface area contributed by atoms with Crippen LogP contribution in [0.15, 0.2) is 54.7 Å². The molecule has 0 bridgehead atoms. The highest BCUT2D eigenvalue weighted by atomic mass is 16.5. The molecule has 3 aromatic rings. The van der Waals surface area contributed by atoms with Crippen molar-refractivity contribution in [3.05, 3.63) is 65.9 Å². The number of ether oxygens (including phenoxy) is 1. The number of hydrogen-bond acceptors (Lipinski definition) is 3. The SMILES string of the molecule is CN(C)C(=O)N1CCC2(CC1)CN(C(=O)c1cccc3[nH]ccc13)Cc1ccccc1O2. The lowest BCUT2D eigenvalue weighted by Crippen LogP contribution is -2.56. The van der Waals surface area contributed by atoms with E-state index in [-0.39, 0.29) is 11.9 Å². The molecule has 1 fully saturated rings. The van der Waals surface area contributed by atoms with E-state index in [1.54, 1.807) is 19.0 Å². The number of aromatic nitrogens is 1. The van der Waals surface area contributed by atoms with E-state index in [1.807, 2.05) is 64.5 Å². The number of carbonyl (C=O) groups excluding carboxylic acids is 2. The van der Waals surface area contributed by atoms with Gasteiger partial charge in [-0.15, -0.1) is 0 Å². The molecule has 2 aliphatic heterocycles. The van der Waals surface area contributed by atoms with Crippen LogP contribution in [0.4, 0.5) is 4.79 Å². The summed E-state index contributed by atoms with van der Waals surface area (Å²) in [5.74, 6) is 0.830. The summed E-state index contributed by atoms with van der Waals surface area (Å²) in [7, 11) is 3.54. The van der Waals surface area contributed by atoms with Gasteiger partial charge in [0.1, 0.15) is 11.4 Å². The molecule has 0 radical (unpaired) electrons. The number of hydrogen-bond donors (Lipinski definition) is 1. The average molecular weight is 433 g/mol. The summed E-state index contributed by atoms with van der Waals surface area (Å²) in [6, 6.07) is 15.7. The van der Waals surface area contributed by atoms with Crippen LogP contribution in [-0.2, 0) is 6.54 Å². The molecule has 3 amide bonds. The molecule has 0 atom stereocenters. The van der Waals surface area contributed by atoms with Crippen molar-refractivity contribution in [2.75, 3.05) is 33.7 Å². The number of likely N-dealkylation sites (tertiary alicyclic amines) is 1. The summed E-state index contributed by atoms with van der Waals surface area (Å²) in [5, 5.41) is 0.927. The van der Waals surface area contributed by atoms with Crippen molar-refractivity contribution in [3.8, 4) is 5.75 Å². The first-order valence-electron chi connectivity index (χ1n) is 11.0. The molecule has 1 aromatic heterocycles. The summed E-state index contributed by atoms with van der Waals surface area (Å²) < 4.78 is 6.61. The van der Waals surface area contributed by atoms with E-state index in [9.17, 15) is 9.59 Å². The largest absolute Gasteiger partial charge is 0.485 e. The zero-order valence-electron chi connectivity index (χ0n) is 18.5. The molecule has 1 spiro atoms. The Labute approximate surface area is 187 Å². The van der Waals surface area contributed by atoms with Crippen LogP contribution in [0.5, 0.6) is 5.75 Å². The number of H-pyrrole nitrogens is 1. The lowest BCUT2D eigenvalue weighted by molar-refractivity contribution is -0.00934. The standard InChI is InChI=1S/C25H28N4O3/c1-27(2)24(31)28-14-11-25(12-15-28)17-29(16-18-6-3-4-9-22(18)32-25)23(30)20-7-5-8-21-19(20)10-13-26-21/h3-10,13,26H,11-12,14-17H2,1-2H3. The van der Waals surface area contributed by atoms with Crippen LogP contribution in [0.25, 0.3) is 10.9 Å². The van der Waals surface area contributed by atoms with Gasteiger partial charge in [0.25, 0.3) is 5.91 Å². The lowest BCUT2D eigenvalue weighted by atomic mass is 9.90. The predicted molar refractivity (Wildman–Crippen MR) is 123 cm³/mol. The second-order valence-corrected chi connectivity index (χ2v) is 8.96. The Balaban J connectivity index is 1.47. The Kier molecular flexibility index (Phi) is 5.04. The predicted octanol–water partition coefficient (Wildman–Crippen LogP) is 3.72. The second-order valence-electron chi connectivity index (χ2n) is 8.96. The number of nitrogens with one attached hydrogen (secondary N) is 1. The van der Waals surface area contributed by atoms with Crippen molar-refractivity contribution in [3.63, 3.8) is 0 Å². The van der Waals surface area contributed by atoms with Gasteiger partial charge in [-0.05, 0) is 24.3 Å². The number of benzene rings is 2. The van der Waals surface area contributed by atoms with E-state index in [2.05, 4.69) is 4.98 Å². The van der Waals surface area contributed by atoms with Crippen molar-refractivity contribution in [2.45, 2.75) is 25.0 Å². The first kappa shape index (κ1) is 20.4. The maximum atomic E-state index is 13.7. The van der Waals surface area contributed by atoms with Gasteiger partial charge in [0.2, 0.25) is 0 Å². The maximum absolute atomic E-state index is 13.7. The number of carbonyl (C=O) groups is 2. The number of nitrogens with zero attached hydrogens (tertiary/aromatic N) is 3. The summed E-state index contributed by atoms with van der Waals surface area (Å²) in [5.41, 5.74) is 2.13. The van der Waals surface area contributed by atoms with Gasteiger partial charge < -0.3 is 24.4 Å². The monoisotopic (exact) mass is 432 g/mol.